The van der Waals surface area contributed by atoms with E-state index in [1.54, 1.807) is 19.1 Å². The first-order chi connectivity index (χ1) is 8.54. The number of fused-ring (bicyclic) bond motifs is 1. The van der Waals surface area contributed by atoms with E-state index in [4.69, 9.17) is 10.5 Å². The molecule has 3 amide bonds. The molecule has 96 valence electrons. The van der Waals surface area contributed by atoms with Crippen molar-refractivity contribution >= 4 is 17.6 Å². The van der Waals surface area contributed by atoms with Crippen molar-refractivity contribution in [1.29, 1.82) is 0 Å². The Morgan fingerprint density at radius 2 is 2.28 bits per heavy atom. The SMILES string of the molecule is CNCc1ccc2c(c1)N(C(N)=O)C(=O)C(C)O2. The van der Waals surface area contributed by atoms with Gasteiger partial charge in [0.1, 0.15) is 5.75 Å². The number of rotatable bonds is 2. The number of nitrogens with one attached hydrogen (secondary N) is 1. The summed E-state index contributed by atoms with van der Waals surface area (Å²) in [4.78, 5) is 24.2. The fourth-order valence-electron chi connectivity index (χ4n) is 1.92. The molecular weight excluding hydrogens is 234 g/mol. The summed E-state index contributed by atoms with van der Waals surface area (Å²) >= 11 is 0. The van der Waals surface area contributed by atoms with Crippen molar-refractivity contribution in [2.75, 3.05) is 11.9 Å². The summed E-state index contributed by atoms with van der Waals surface area (Å²) in [6.07, 6.45) is -0.708. The number of ether oxygens (including phenoxy) is 1. The van der Waals surface area contributed by atoms with Gasteiger partial charge in [0.05, 0.1) is 5.69 Å². The Labute approximate surface area is 105 Å². The second kappa shape index (κ2) is 4.66. The van der Waals surface area contributed by atoms with Gasteiger partial charge in [0.15, 0.2) is 6.10 Å². The van der Waals surface area contributed by atoms with Crippen molar-refractivity contribution in [3.63, 3.8) is 0 Å². The molecule has 2 rings (SSSR count). The highest BCUT2D eigenvalue weighted by atomic mass is 16.5. The Hall–Kier alpha value is -2.08. The molecule has 0 aliphatic carbocycles. The van der Waals surface area contributed by atoms with Gasteiger partial charge >= 0.3 is 6.03 Å². The van der Waals surface area contributed by atoms with Crippen LogP contribution in [0, 0.1) is 0 Å². The Morgan fingerprint density at radius 3 is 2.89 bits per heavy atom. The van der Waals surface area contributed by atoms with Crippen molar-refractivity contribution in [3.05, 3.63) is 23.8 Å². The predicted octanol–water partition coefficient (Wildman–Crippen LogP) is 0.599. The van der Waals surface area contributed by atoms with Crippen LogP contribution in [0.1, 0.15) is 12.5 Å². The molecule has 0 aromatic heterocycles. The number of amides is 3. The van der Waals surface area contributed by atoms with Crippen molar-refractivity contribution < 1.29 is 14.3 Å². The van der Waals surface area contributed by atoms with Crippen LogP contribution in [0.15, 0.2) is 18.2 Å². The van der Waals surface area contributed by atoms with Gasteiger partial charge in [-0.1, -0.05) is 6.07 Å². The second-order valence-corrected chi connectivity index (χ2v) is 4.10. The highest BCUT2D eigenvalue weighted by molar-refractivity contribution is 6.17. The molecule has 3 N–H and O–H groups in total. The van der Waals surface area contributed by atoms with Crippen molar-refractivity contribution in [2.24, 2.45) is 5.73 Å². The number of carbonyl (C=O) groups excluding carboxylic acids is 2. The van der Waals surface area contributed by atoms with Crippen molar-refractivity contribution in [2.45, 2.75) is 19.6 Å². The second-order valence-electron chi connectivity index (χ2n) is 4.10. The average Bonchev–Trinajstić information content (AvgIpc) is 2.31. The van der Waals surface area contributed by atoms with E-state index in [9.17, 15) is 9.59 Å². The first-order valence-corrected chi connectivity index (χ1v) is 5.62. The zero-order valence-electron chi connectivity index (χ0n) is 10.3. The van der Waals surface area contributed by atoms with Crippen LogP contribution in [0.5, 0.6) is 5.75 Å². The zero-order valence-corrected chi connectivity index (χ0v) is 10.3. The number of nitrogens with zero attached hydrogens (tertiary/aromatic N) is 1. The Morgan fingerprint density at radius 1 is 1.56 bits per heavy atom. The van der Waals surface area contributed by atoms with E-state index in [-0.39, 0.29) is 0 Å². The van der Waals surface area contributed by atoms with Crippen molar-refractivity contribution in [1.82, 2.24) is 5.32 Å². The number of carbonyl (C=O) groups is 2. The molecule has 1 unspecified atom stereocenters. The van der Waals surface area contributed by atoms with Gasteiger partial charge in [0.25, 0.3) is 5.91 Å². The van der Waals surface area contributed by atoms with Crippen LogP contribution in [0.25, 0.3) is 0 Å². The highest BCUT2D eigenvalue weighted by Gasteiger charge is 2.34. The topological polar surface area (TPSA) is 84.7 Å². The predicted molar refractivity (Wildman–Crippen MR) is 66.4 cm³/mol. The zero-order chi connectivity index (χ0) is 13.3. The summed E-state index contributed by atoms with van der Waals surface area (Å²) < 4.78 is 5.44. The molecule has 1 aliphatic rings. The molecule has 0 saturated carbocycles. The highest BCUT2D eigenvalue weighted by Crippen LogP contribution is 2.34. The number of anilines is 1. The summed E-state index contributed by atoms with van der Waals surface area (Å²) in [5, 5.41) is 2.99. The van der Waals surface area contributed by atoms with E-state index in [2.05, 4.69) is 5.32 Å². The lowest BCUT2D eigenvalue weighted by molar-refractivity contribution is -0.124. The Bertz CT molecular complexity index is 501. The summed E-state index contributed by atoms with van der Waals surface area (Å²) in [5.41, 5.74) is 6.59. The van der Waals surface area contributed by atoms with Gasteiger partial charge < -0.3 is 15.8 Å². The van der Waals surface area contributed by atoms with Crippen LogP contribution in [-0.4, -0.2) is 25.1 Å². The van der Waals surface area contributed by atoms with Gasteiger partial charge in [-0.2, -0.15) is 0 Å². The summed E-state index contributed by atoms with van der Waals surface area (Å²) in [5.74, 6) is 0.0392. The van der Waals surface area contributed by atoms with E-state index < -0.39 is 18.0 Å². The molecule has 0 bridgehead atoms. The fourth-order valence-corrected chi connectivity index (χ4v) is 1.92. The first-order valence-electron chi connectivity index (χ1n) is 5.62. The van der Waals surface area contributed by atoms with E-state index in [1.807, 2.05) is 13.1 Å². The van der Waals surface area contributed by atoms with Gasteiger partial charge in [-0.3, -0.25) is 4.79 Å². The number of imide groups is 1. The Kier molecular flexibility index (Phi) is 3.20. The van der Waals surface area contributed by atoms with E-state index in [1.165, 1.54) is 0 Å². The van der Waals surface area contributed by atoms with Gasteiger partial charge in [0, 0.05) is 6.54 Å². The molecule has 0 spiro atoms. The van der Waals surface area contributed by atoms with Crippen LogP contribution in [0.2, 0.25) is 0 Å². The third kappa shape index (κ3) is 2.02. The number of hydrogen-bond acceptors (Lipinski definition) is 4. The quantitative estimate of drug-likeness (QED) is 0.803. The molecule has 0 radical (unpaired) electrons. The largest absolute Gasteiger partial charge is 0.479 e. The normalized spacial score (nSPS) is 18.2. The molecule has 1 aliphatic heterocycles. The molecule has 1 atom stereocenters. The van der Waals surface area contributed by atoms with Gasteiger partial charge in [0.2, 0.25) is 0 Å². The minimum atomic E-state index is -0.794. The number of benzene rings is 1. The molecular formula is C12H15N3O3. The van der Waals surface area contributed by atoms with Gasteiger partial charge in [-0.15, -0.1) is 0 Å². The monoisotopic (exact) mass is 249 g/mol. The van der Waals surface area contributed by atoms with E-state index in [0.29, 0.717) is 18.0 Å². The lowest BCUT2D eigenvalue weighted by Gasteiger charge is -2.30. The molecule has 1 aromatic rings. The summed E-state index contributed by atoms with van der Waals surface area (Å²) in [7, 11) is 1.81. The number of nitrogens with two attached hydrogens (primary N) is 1. The van der Waals surface area contributed by atoms with Gasteiger partial charge in [-0.25, -0.2) is 9.69 Å². The minimum absolute atomic E-state index is 0.401. The molecule has 6 heteroatoms. The summed E-state index contributed by atoms with van der Waals surface area (Å²) in [6.45, 7) is 2.21. The lowest BCUT2D eigenvalue weighted by Crippen LogP contribution is -2.50. The molecule has 1 heterocycles. The minimum Gasteiger partial charge on any atom is -0.479 e. The molecule has 0 fully saturated rings. The maximum atomic E-state index is 11.9. The third-order valence-corrected chi connectivity index (χ3v) is 2.74. The number of hydrogen-bond donors (Lipinski definition) is 2. The molecule has 6 nitrogen and oxygen atoms in total. The summed E-state index contributed by atoms with van der Waals surface area (Å²) in [6, 6.07) is 4.54. The van der Waals surface area contributed by atoms with Crippen LogP contribution in [0.4, 0.5) is 10.5 Å². The molecule has 0 saturated heterocycles. The maximum absolute atomic E-state index is 11.9. The van der Waals surface area contributed by atoms with Crippen molar-refractivity contribution in [3.8, 4) is 5.75 Å². The lowest BCUT2D eigenvalue weighted by atomic mass is 10.1. The number of urea groups is 1. The van der Waals surface area contributed by atoms with Crippen LogP contribution < -0.4 is 20.7 Å². The average molecular weight is 249 g/mol. The molecule has 18 heavy (non-hydrogen) atoms. The number of primary amides is 1. The molecule has 1 aromatic carbocycles. The third-order valence-electron chi connectivity index (χ3n) is 2.74. The fraction of sp³-hybridized carbons (Fsp3) is 0.333. The smallest absolute Gasteiger partial charge is 0.326 e. The van der Waals surface area contributed by atoms with Crippen LogP contribution in [-0.2, 0) is 11.3 Å². The Balaban J connectivity index is 2.48. The van der Waals surface area contributed by atoms with E-state index in [0.717, 1.165) is 10.5 Å². The maximum Gasteiger partial charge on any atom is 0.326 e. The standard InChI is InChI=1S/C12H15N3O3/c1-7-11(16)15(12(13)17)9-5-8(6-14-2)3-4-10(9)18-7/h3-5,7,14H,6H2,1-2H3,(H2,13,17). The van der Waals surface area contributed by atoms with Gasteiger partial charge in [-0.05, 0) is 31.7 Å². The first kappa shape index (κ1) is 12.4. The van der Waals surface area contributed by atoms with E-state index >= 15 is 0 Å². The van der Waals surface area contributed by atoms with Crippen LogP contribution in [0.3, 0.4) is 0 Å². The van der Waals surface area contributed by atoms with Crippen LogP contribution >= 0.6 is 0 Å².